The zero-order chi connectivity index (χ0) is 16.5. The van der Waals surface area contributed by atoms with Gasteiger partial charge in [-0.1, -0.05) is 6.07 Å². The first-order chi connectivity index (χ1) is 11.7. The van der Waals surface area contributed by atoms with Crippen LogP contribution in [0.3, 0.4) is 0 Å². The number of carbonyl (C=O) groups excluding carboxylic acids is 1. The Kier molecular flexibility index (Phi) is 4.04. The molecule has 0 bridgehead atoms. The number of pyridine rings is 1. The molecule has 2 aromatic rings. The third kappa shape index (κ3) is 2.92. The Labute approximate surface area is 141 Å². The van der Waals surface area contributed by atoms with E-state index in [0.717, 1.165) is 61.8 Å². The summed E-state index contributed by atoms with van der Waals surface area (Å²) in [7, 11) is 0. The van der Waals surface area contributed by atoms with Gasteiger partial charge in [0, 0.05) is 43.9 Å². The number of carbonyl (C=O) groups is 1. The van der Waals surface area contributed by atoms with Gasteiger partial charge in [0.25, 0.3) is 0 Å². The van der Waals surface area contributed by atoms with Gasteiger partial charge in [0.1, 0.15) is 11.6 Å². The molecule has 6 nitrogen and oxygen atoms in total. The Balaban J connectivity index is 1.35. The number of likely N-dealkylation sites (tertiary alicyclic amines) is 1. The maximum Gasteiger partial charge on any atom is 0.227 e. The van der Waals surface area contributed by atoms with E-state index in [9.17, 15) is 4.79 Å². The van der Waals surface area contributed by atoms with E-state index in [1.807, 2.05) is 24.0 Å². The van der Waals surface area contributed by atoms with Crippen LogP contribution in [0.5, 0.6) is 0 Å². The SMILES string of the molecule is Cc1ccc(CC(=O)N2CCC(c3nnc4n3CCC4)CC2)cn1. The van der Waals surface area contributed by atoms with Crippen molar-refractivity contribution >= 4 is 5.91 Å². The van der Waals surface area contributed by atoms with Gasteiger partial charge in [-0.15, -0.1) is 10.2 Å². The van der Waals surface area contributed by atoms with Gasteiger partial charge < -0.3 is 9.47 Å². The van der Waals surface area contributed by atoms with Crippen LogP contribution in [0, 0.1) is 6.92 Å². The van der Waals surface area contributed by atoms with Crippen LogP contribution in [0.25, 0.3) is 0 Å². The summed E-state index contributed by atoms with van der Waals surface area (Å²) in [5.74, 6) is 2.91. The summed E-state index contributed by atoms with van der Waals surface area (Å²) < 4.78 is 2.29. The highest BCUT2D eigenvalue weighted by Crippen LogP contribution is 2.29. The standard InChI is InChI=1S/C18H23N5O/c1-13-4-5-14(12-19-13)11-17(24)22-9-6-15(7-10-22)18-21-20-16-3-2-8-23(16)18/h4-5,12,15H,2-3,6-11H2,1H3. The maximum atomic E-state index is 12.5. The number of rotatable bonds is 3. The van der Waals surface area contributed by atoms with Gasteiger partial charge >= 0.3 is 0 Å². The maximum absolute atomic E-state index is 12.5. The average molecular weight is 325 g/mol. The van der Waals surface area contributed by atoms with Crippen LogP contribution in [0.4, 0.5) is 0 Å². The molecule has 2 aliphatic rings. The highest BCUT2D eigenvalue weighted by atomic mass is 16.2. The first kappa shape index (κ1) is 15.3. The number of hydrogen-bond donors (Lipinski definition) is 0. The molecular formula is C18H23N5O. The van der Waals surface area contributed by atoms with Gasteiger partial charge in [0.2, 0.25) is 5.91 Å². The van der Waals surface area contributed by atoms with Crippen LogP contribution < -0.4 is 0 Å². The smallest absolute Gasteiger partial charge is 0.227 e. The fraction of sp³-hybridized carbons (Fsp3) is 0.556. The molecule has 4 rings (SSSR count). The number of amides is 1. The molecular weight excluding hydrogens is 302 g/mol. The first-order valence-electron chi connectivity index (χ1n) is 8.82. The number of aryl methyl sites for hydroxylation is 2. The number of fused-ring (bicyclic) bond motifs is 1. The van der Waals surface area contributed by atoms with E-state index in [1.165, 1.54) is 6.42 Å². The van der Waals surface area contributed by atoms with E-state index in [0.29, 0.717) is 12.3 Å². The van der Waals surface area contributed by atoms with Gasteiger partial charge in [-0.2, -0.15) is 0 Å². The number of piperidine rings is 1. The molecule has 1 saturated heterocycles. The van der Waals surface area contributed by atoms with Crippen molar-refractivity contribution in [2.45, 2.75) is 51.5 Å². The molecule has 2 aliphatic heterocycles. The van der Waals surface area contributed by atoms with Crippen LogP contribution in [-0.2, 0) is 24.2 Å². The van der Waals surface area contributed by atoms with Crippen molar-refractivity contribution in [2.75, 3.05) is 13.1 Å². The topological polar surface area (TPSA) is 63.9 Å². The highest BCUT2D eigenvalue weighted by molar-refractivity contribution is 5.78. The van der Waals surface area contributed by atoms with Crippen molar-refractivity contribution in [3.05, 3.63) is 41.2 Å². The van der Waals surface area contributed by atoms with Gasteiger partial charge in [0.15, 0.2) is 0 Å². The molecule has 2 aromatic heterocycles. The molecule has 0 saturated carbocycles. The fourth-order valence-corrected chi connectivity index (χ4v) is 3.75. The van der Waals surface area contributed by atoms with Crippen LogP contribution in [-0.4, -0.2) is 43.6 Å². The van der Waals surface area contributed by atoms with Gasteiger partial charge in [0.05, 0.1) is 6.42 Å². The second-order valence-corrected chi connectivity index (χ2v) is 6.87. The third-order valence-electron chi connectivity index (χ3n) is 5.18. The van der Waals surface area contributed by atoms with Crippen molar-refractivity contribution in [1.82, 2.24) is 24.6 Å². The quantitative estimate of drug-likeness (QED) is 0.864. The predicted molar refractivity (Wildman–Crippen MR) is 89.6 cm³/mol. The number of nitrogens with zero attached hydrogens (tertiary/aromatic N) is 5. The minimum atomic E-state index is 0.200. The second kappa shape index (κ2) is 6.34. The minimum absolute atomic E-state index is 0.200. The third-order valence-corrected chi connectivity index (χ3v) is 5.18. The van der Waals surface area contributed by atoms with Gasteiger partial charge in [-0.3, -0.25) is 9.78 Å². The molecule has 1 amide bonds. The van der Waals surface area contributed by atoms with Crippen molar-refractivity contribution in [1.29, 1.82) is 0 Å². The summed E-state index contributed by atoms with van der Waals surface area (Å²) in [6, 6.07) is 3.95. The Morgan fingerprint density at radius 3 is 2.79 bits per heavy atom. The molecule has 0 N–H and O–H groups in total. The van der Waals surface area contributed by atoms with Crippen molar-refractivity contribution < 1.29 is 4.79 Å². The van der Waals surface area contributed by atoms with Crippen LogP contribution in [0.2, 0.25) is 0 Å². The normalized spacial score (nSPS) is 18.0. The zero-order valence-corrected chi connectivity index (χ0v) is 14.1. The van der Waals surface area contributed by atoms with E-state index >= 15 is 0 Å². The lowest BCUT2D eigenvalue weighted by Crippen LogP contribution is -2.39. The van der Waals surface area contributed by atoms with E-state index in [2.05, 4.69) is 19.7 Å². The summed E-state index contributed by atoms with van der Waals surface area (Å²) in [6.07, 6.45) is 6.44. The summed E-state index contributed by atoms with van der Waals surface area (Å²) in [5.41, 5.74) is 1.97. The van der Waals surface area contributed by atoms with E-state index in [1.54, 1.807) is 6.20 Å². The molecule has 126 valence electrons. The number of aromatic nitrogens is 4. The summed E-state index contributed by atoms with van der Waals surface area (Å²) in [5, 5.41) is 8.72. The molecule has 0 atom stereocenters. The Morgan fingerprint density at radius 1 is 1.21 bits per heavy atom. The average Bonchev–Trinajstić information content (AvgIpc) is 3.20. The van der Waals surface area contributed by atoms with Crippen LogP contribution >= 0.6 is 0 Å². The van der Waals surface area contributed by atoms with Gasteiger partial charge in [-0.05, 0) is 37.8 Å². The molecule has 6 heteroatoms. The lowest BCUT2D eigenvalue weighted by molar-refractivity contribution is -0.131. The molecule has 1 fully saturated rings. The van der Waals surface area contributed by atoms with Gasteiger partial charge in [-0.25, -0.2) is 0 Å². The van der Waals surface area contributed by atoms with Crippen molar-refractivity contribution in [3.8, 4) is 0 Å². The largest absolute Gasteiger partial charge is 0.342 e. The summed E-state index contributed by atoms with van der Waals surface area (Å²) >= 11 is 0. The van der Waals surface area contributed by atoms with Crippen molar-refractivity contribution in [2.24, 2.45) is 0 Å². The molecule has 0 spiro atoms. The predicted octanol–water partition coefficient (Wildman–Crippen LogP) is 1.88. The Morgan fingerprint density at radius 2 is 2.04 bits per heavy atom. The molecule has 0 radical (unpaired) electrons. The lowest BCUT2D eigenvalue weighted by Gasteiger charge is -2.31. The molecule has 0 aromatic carbocycles. The second-order valence-electron chi connectivity index (χ2n) is 6.87. The monoisotopic (exact) mass is 325 g/mol. The van der Waals surface area contributed by atoms with E-state index < -0.39 is 0 Å². The summed E-state index contributed by atoms with van der Waals surface area (Å²) in [6.45, 7) is 4.63. The van der Waals surface area contributed by atoms with Crippen LogP contribution in [0.15, 0.2) is 18.3 Å². The van der Waals surface area contributed by atoms with Crippen molar-refractivity contribution in [3.63, 3.8) is 0 Å². The highest BCUT2D eigenvalue weighted by Gasteiger charge is 2.29. The molecule has 0 aliphatic carbocycles. The fourth-order valence-electron chi connectivity index (χ4n) is 3.75. The molecule has 24 heavy (non-hydrogen) atoms. The van der Waals surface area contributed by atoms with Crippen LogP contribution in [0.1, 0.15) is 48.1 Å². The summed E-state index contributed by atoms with van der Waals surface area (Å²) in [4.78, 5) is 18.7. The lowest BCUT2D eigenvalue weighted by atomic mass is 9.95. The number of hydrogen-bond acceptors (Lipinski definition) is 4. The first-order valence-corrected chi connectivity index (χ1v) is 8.82. The zero-order valence-electron chi connectivity index (χ0n) is 14.1. The Bertz CT molecular complexity index is 728. The van der Waals surface area contributed by atoms with E-state index in [4.69, 9.17) is 0 Å². The molecule has 4 heterocycles. The Hall–Kier alpha value is -2.24. The molecule has 0 unspecified atom stereocenters. The minimum Gasteiger partial charge on any atom is -0.342 e. The van der Waals surface area contributed by atoms with E-state index in [-0.39, 0.29) is 5.91 Å².